The molecular weight excluding hydrogens is 384 g/mol. The lowest BCUT2D eigenvalue weighted by Gasteiger charge is -2.13. The van der Waals surface area contributed by atoms with E-state index in [0.29, 0.717) is 16.9 Å². The fourth-order valence-corrected chi connectivity index (χ4v) is 4.67. The maximum Gasteiger partial charge on any atom is 0.261 e. The number of nitrogens with one attached hydrogen (secondary N) is 2. The van der Waals surface area contributed by atoms with Gasteiger partial charge in [0.05, 0.1) is 10.6 Å². The fraction of sp³-hybridized carbons (Fsp3) is 0.174. The van der Waals surface area contributed by atoms with Crippen molar-refractivity contribution in [1.29, 1.82) is 0 Å². The van der Waals surface area contributed by atoms with E-state index in [1.54, 1.807) is 36.4 Å². The monoisotopic (exact) mass is 406 g/mol. The summed E-state index contributed by atoms with van der Waals surface area (Å²) in [5.41, 5.74) is 4.89. The molecule has 0 aliphatic heterocycles. The highest BCUT2D eigenvalue weighted by atomic mass is 32.2. The highest BCUT2D eigenvalue weighted by Crippen LogP contribution is 2.26. The zero-order valence-corrected chi connectivity index (χ0v) is 16.9. The van der Waals surface area contributed by atoms with E-state index in [1.165, 1.54) is 23.3 Å². The summed E-state index contributed by atoms with van der Waals surface area (Å²) in [6.07, 6.45) is 3.20. The summed E-state index contributed by atoms with van der Waals surface area (Å²) in [6.45, 7) is 1.81. The second-order valence-electron chi connectivity index (χ2n) is 7.24. The SMILES string of the molecule is Cc1ccc(NC(=O)c2ccc3c(c2)CCC3)cc1NS(=O)(=O)c1ccccc1. The van der Waals surface area contributed by atoms with Gasteiger partial charge in [-0.1, -0.05) is 30.3 Å². The largest absolute Gasteiger partial charge is 0.322 e. The van der Waals surface area contributed by atoms with E-state index in [4.69, 9.17) is 0 Å². The molecule has 0 radical (unpaired) electrons. The maximum atomic E-state index is 12.7. The van der Waals surface area contributed by atoms with Crippen molar-refractivity contribution in [2.24, 2.45) is 0 Å². The average molecular weight is 407 g/mol. The van der Waals surface area contributed by atoms with Gasteiger partial charge >= 0.3 is 0 Å². The molecule has 0 saturated carbocycles. The van der Waals surface area contributed by atoms with Crippen LogP contribution in [0.25, 0.3) is 0 Å². The van der Waals surface area contributed by atoms with Crippen LogP contribution in [0.3, 0.4) is 0 Å². The van der Waals surface area contributed by atoms with E-state index in [9.17, 15) is 13.2 Å². The predicted molar refractivity (Wildman–Crippen MR) is 115 cm³/mol. The Morgan fingerprint density at radius 2 is 1.66 bits per heavy atom. The van der Waals surface area contributed by atoms with Crippen molar-refractivity contribution in [1.82, 2.24) is 0 Å². The van der Waals surface area contributed by atoms with Gasteiger partial charge in [-0.3, -0.25) is 9.52 Å². The lowest BCUT2D eigenvalue weighted by atomic mass is 10.1. The topological polar surface area (TPSA) is 75.3 Å². The Labute approximate surface area is 170 Å². The van der Waals surface area contributed by atoms with Gasteiger partial charge in [-0.2, -0.15) is 0 Å². The minimum Gasteiger partial charge on any atom is -0.322 e. The van der Waals surface area contributed by atoms with E-state index in [0.717, 1.165) is 24.8 Å². The molecule has 0 saturated heterocycles. The van der Waals surface area contributed by atoms with Crippen LogP contribution in [-0.2, 0) is 22.9 Å². The Bertz CT molecular complexity index is 1170. The number of fused-ring (bicyclic) bond motifs is 1. The molecule has 148 valence electrons. The molecule has 0 bridgehead atoms. The van der Waals surface area contributed by atoms with Crippen LogP contribution in [0.4, 0.5) is 11.4 Å². The molecular formula is C23H22N2O3S. The number of sulfonamides is 1. The molecule has 0 heterocycles. The number of amides is 1. The first-order valence-corrected chi connectivity index (χ1v) is 11.0. The van der Waals surface area contributed by atoms with Crippen molar-refractivity contribution in [3.05, 3.63) is 89.0 Å². The minimum atomic E-state index is -3.70. The Morgan fingerprint density at radius 3 is 2.45 bits per heavy atom. The summed E-state index contributed by atoms with van der Waals surface area (Å²) >= 11 is 0. The normalized spacial score (nSPS) is 13.0. The predicted octanol–water partition coefficient (Wildman–Crippen LogP) is 4.54. The number of rotatable bonds is 5. The molecule has 6 heteroatoms. The van der Waals surface area contributed by atoms with Gasteiger partial charge in [0, 0.05) is 11.3 Å². The molecule has 0 atom stereocenters. The van der Waals surface area contributed by atoms with Gasteiger partial charge in [0.25, 0.3) is 15.9 Å². The third-order valence-electron chi connectivity index (χ3n) is 5.15. The van der Waals surface area contributed by atoms with Crippen LogP contribution in [0.15, 0.2) is 71.6 Å². The van der Waals surface area contributed by atoms with Gasteiger partial charge in [-0.15, -0.1) is 0 Å². The third kappa shape index (κ3) is 4.17. The average Bonchev–Trinajstić information content (AvgIpc) is 3.19. The maximum absolute atomic E-state index is 12.7. The lowest BCUT2D eigenvalue weighted by molar-refractivity contribution is 0.102. The molecule has 0 unspecified atom stereocenters. The van der Waals surface area contributed by atoms with Crippen LogP contribution >= 0.6 is 0 Å². The van der Waals surface area contributed by atoms with Gasteiger partial charge in [-0.25, -0.2) is 8.42 Å². The smallest absolute Gasteiger partial charge is 0.261 e. The molecule has 1 aliphatic rings. The first kappa shape index (κ1) is 19.2. The molecule has 29 heavy (non-hydrogen) atoms. The van der Waals surface area contributed by atoms with Crippen molar-refractivity contribution in [2.45, 2.75) is 31.1 Å². The van der Waals surface area contributed by atoms with Crippen molar-refractivity contribution < 1.29 is 13.2 Å². The first-order valence-electron chi connectivity index (χ1n) is 9.54. The Hall–Kier alpha value is -3.12. The number of aryl methyl sites for hydroxylation is 3. The molecule has 0 spiro atoms. The van der Waals surface area contributed by atoms with Gasteiger partial charge in [0.15, 0.2) is 0 Å². The van der Waals surface area contributed by atoms with E-state index in [-0.39, 0.29) is 10.8 Å². The Morgan fingerprint density at radius 1 is 0.897 bits per heavy atom. The molecule has 2 N–H and O–H groups in total. The third-order valence-corrected chi connectivity index (χ3v) is 6.54. The Balaban J connectivity index is 1.55. The van der Waals surface area contributed by atoms with Crippen LogP contribution < -0.4 is 10.0 Å². The van der Waals surface area contributed by atoms with Gasteiger partial charge in [0.1, 0.15) is 0 Å². The van der Waals surface area contributed by atoms with Crippen molar-refractivity contribution >= 4 is 27.3 Å². The van der Waals surface area contributed by atoms with Crippen molar-refractivity contribution in [3.63, 3.8) is 0 Å². The van der Waals surface area contributed by atoms with E-state index in [2.05, 4.69) is 10.0 Å². The van der Waals surface area contributed by atoms with Crippen molar-refractivity contribution in [3.8, 4) is 0 Å². The molecule has 3 aromatic carbocycles. The van der Waals surface area contributed by atoms with E-state index < -0.39 is 10.0 Å². The number of anilines is 2. The molecule has 4 rings (SSSR count). The molecule has 1 amide bonds. The van der Waals surface area contributed by atoms with Crippen LogP contribution in [0.1, 0.15) is 33.5 Å². The highest BCUT2D eigenvalue weighted by molar-refractivity contribution is 7.92. The molecule has 0 fully saturated rings. The van der Waals surface area contributed by atoms with E-state index in [1.807, 2.05) is 25.1 Å². The lowest BCUT2D eigenvalue weighted by Crippen LogP contribution is -2.15. The summed E-state index contributed by atoms with van der Waals surface area (Å²) < 4.78 is 27.8. The molecule has 5 nitrogen and oxygen atoms in total. The zero-order valence-electron chi connectivity index (χ0n) is 16.1. The van der Waals surface area contributed by atoms with E-state index >= 15 is 0 Å². The summed E-state index contributed by atoms with van der Waals surface area (Å²) in [6, 6.07) is 19.2. The van der Waals surface area contributed by atoms with Crippen LogP contribution in [0.2, 0.25) is 0 Å². The Kier molecular flexibility index (Phi) is 5.11. The standard InChI is InChI=1S/C23H22N2O3S/c1-16-10-13-20(15-22(16)25-29(27,28)21-8-3-2-4-9-21)24-23(26)19-12-11-17-6-5-7-18(17)14-19/h2-4,8-15,25H,5-7H2,1H3,(H,24,26). The summed E-state index contributed by atoms with van der Waals surface area (Å²) in [7, 11) is -3.70. The number of carbonyl (C=O) groups excluding carboxylic acids is 1. The summed E-state index contributed by atoms with van der Waals surface area (Å²) in [4.78, 5) is 12.9. The molecule has 1 aliphatic carbocycles. The van der Waals surface area contributed by atoms with Gasteiger partial charge in [0.2, 0.25) is 0 Å². The van der Waals surface area contributed by atoms with Crippen molar-refractivity contribution in [2.75, 3.05) is 10.0 Å². The number of carbonyl (C=O) groups is 1. The summed E-state index contributed by atoms with van der Waals surface area (Å²) in [5.74, 6) is -0.208. The number of hydrogen-bond donors (Lipinski definition) is 2. The van der Waals surface area contributed by atoms with Gasteiger partial charge in [-0.05, 0) is 79.3 Å². The highest BCUT2D eigenvalue weighted by Gasteiger charge is 2.17. The fourth-order valence-electron chi connectivity index (χ4n) is 3.53. The second kappa shape index (κ2) is 7.72. The van der Waals surface area contributed by atoms with Crippen LogP contribution in [-0.4, -0.2) is 14.3 Å². The number of hydrogen-bond acceptors (Lipinski definition) is 3. The zero-order chi connectivity index (χ0) is 20.4. The molecule has 0 aromatic heterocycles. The minimum absolute atomic E-state index is 0.187. The van der Waals surface area contributed by atoms with Crippen LogP contribution in [0, 0.1) is 6.92 Å². The second-order valence-corrected chi connectivity index (χ2v) is 8.92. The molecule has 3 aromatic rings. The first-order chi connectivity index (χ1) is 13.9. The van der Waals surface area contributed by atoms with Gasteiger partial charge < -0.3 is 5.32 Å². The quantitative estimate of drug-likeness (QED) is 0.653. The summed E-state index contributed by atoms with van der Waals surface area (Å²) in [5, 5.41) is 2.87. The van der Waals surface area contributed by atoms with Crippen LogP contribution in [0.5, 0.6) is 0 Å². The number of benzene rings is 3.